The van der Waals surface area contributed by atoms with Gasteiger partial charge in [-0.15, -0.1) is 4.28 Å². The Balaban J connectivity index is 0.000000199. The van der Waals surface area contributed by atoms with Gasteiger partial charge in [-0.2, -0.15) is 13.5 Å². The fraction of sp³-hybridized carbons (Fsp3) is 0.833. The number of hydroxylamine groups is 4. The smallest absolute Gasteiger partial charge is 0.418 e. The van der Waals surface area contributed by atoms with Crippen LogP contribution in [0.15, 0.2) is 0 Å². The average Bonchev–Trinajstić information content (AvgIpc) is 3.44. The SMILES string of the molecule is CN1C(=O)N2C[C@H]1CC[C@H]2C(=O)NO[C@@H]1CCCN(C(=O)OC(C)(C)C)C1.O=C(NO[C@@H]1CCCNC1)[C@@H]1CC[C@@H]2CN1C(=O)N2OS(=O)(=O)O. The third kappa shape index (κ3) is 9.89. The molecular formula is C30H50N8O12S. The van der Waals surface area contributed by atoms with Crippen LogP contribution in [0.25, 0.3) is 0 Å². The van der Waals surface area contributed by atoms with Crippen LogP contribution in [0.5, 0.6) is 0 Å². The molecule has 0 unspecified atom stereocenters. The number of hydrogen-bond acceptors (Lipinski definition) is 12. The third-order valence-electron chi connectivity index (χ3n) is 9.69. The first-order valence-electron chi connectivity index (χ1n) is 17.4. The molecule has 288 valence electrons. The average molecular weight is 747 g/mol. The molecule has 21 heteroatoms. The third-order valence-corrected chi connectivity index (χ3v) is 10.0. The van der Waals surface area contributed by atoms with Crippen LogP contribution in [0.2, 0.25) is 0 Å². The number of nitrogens with one attached hydrogen (secondary N) is 3. The fourth-order valence-electron chi connectivity index (χ4n) is 7.08. The number of carbonyl (C=O) groups excluding carboxylic acids is 5. The highest BCUT2D eigenvalue weighted by Gasteiger charge is 2.50. The number of fused-ring (bicyclic) bond motifs is 4. The monoisotopic (exact) mass is 746 g/mol. The summed E-state index contributed by atoms with van der Waals surface area (Å²) in [4.78, 5) is 78.5. The van der Waals surface area contributed by atoms with E-state index < -0.39 is 46.1 Å². The number of ether oxygens (including phenoxy) is 1. The van der Waals surface area contributed by atoms with Gasteiger partial charge in [0.05, 0.1) is 24.7 Å². The van der Waals surface area contributed by atoms with Gasteiger partial charge in [0.15, 0.2) is 0 Å². The van der Waals surface area contributed by atoms with Gasteiger partial charge in [-0.05, 0) is 78.7 Å². The van der Waals surface area contributed by atoms with Gasteiger partial charge in [-0.3, -0.25) is 23.8 Å². The Labute approximate surface area is 297 Å². The Kier molecular flexibility index (Phi) is 12.2. The van der Waals surface area contributed by atoms with E-state index in [-0.39, 0.29) is 42.8 Å². The number of piperidine rings is 4. The van der Waals surface area contributed by atoms with Gasteiger partial charge in [0.1, 0.15) is 23.8 Å². The molecule has 0 aromatic carbocycles. The Morgan fingerprint density at radius 1 is 0.824 bits per heavy atom. The number of amides is 7. The van der Waals surface area contributed by atoms with Crippen LogP contribution in [0, 0.1) is 0 Å². The number of likely N-dealkylation sites (tertiary alicyclic amines) is 1. The van der Waals surface area contributed by atoms with Crippen LogP contribution in [-0.2, 0) is 38.7 Å². The van der Waals surface area contributed by atoms with Gasteiger partial charge in [0.2, 0.25) is 0 Å². The summed E-state index contributed by atoms with van der Waals surface area (Å²) in [7, 11) is -3.02. The predicted molar refractivity (Wildman–Crippen MR) is 175 cm³/mol. The first kappa shape index (κ1) is 38.7. The molecule has 6 rings (SSSR count). The van der Waals surface area contributed by atoms with E-state index in [1.54, 1.807) is 21.7 Å². The van der Waals surface area contributed by atoms with E-state index in [4.69, 9.17) is 19.0 Å². The minimum atomic E-state index is -4.80. The van der Waals surface area contributed by atoms with E-state index in [0.717, 1.165) is 38.6 Å². The summed E-state index contributed by atoms with van der Waals surface area (Å²) in [6, 6.07) is -2.46. The van der Waals surface area contributed by atoms with Crippen LogP contribution in [-0.4, -0.2) is 156 Å². The molecule has 6 heterocycles. The maximum Gasteiger partial charge on any atom is 0.418 e. The molecule has 6 aliphatic rings. The second-order valence-electron chi connectivity index (χ2n) is 14.6. The predicted octanol–water partition coefficient (Wildman–Crippen LogP) is 0.121. The molecule has 20 nitrogen and oxygen atoms in total. The number of hydrogen-bond donors (Lipinski definition) is 4. The lowest BCUT2D eigenvalue weighted by atomic mass is 10.0. The van der Waals surface area contributed by atoms with Gasteiger partial charge < -0.3 is 29.7 Å². The van der Waals surface area contributed by atoms with Crippen molar-refractivity contribution in [3.63, 3.8) is 0 Å². The highest BCUT2D eigenvalue weighted by Crippen LogP contribution is 2.31. The molecule has 0 saturated carbocycles. The van der Waals surface area contributed by atoms with Crippen molar-refractivity contribution in [1.82, 2.24) is 40.9 Å². The molecule has 6 aliphatic heterocycles. The van der Waals surface area contributed by atoms with Crippen LogP contribution in [0.3, 0.4) is 0 Å². The minimum absolute atomic E-state index is 0.105. The normalized spacial score (nSPS) is 29.4. The second kappa shape index (κ2) is 16.0. The molecule has 6 atom stereocenters. The lowest BCUT2D eigenvalue weighted by Crippen LogP contribution is -2.52. The minimum Gasteiger partial charge on any atom is -0.444 e. The molecule has 0 radical (unpaired) electrons. The van der Waals surface area contributed by atoms with Crippen molar-refractivity contribution in [2.45, 2.75) is 114 Å². The molecule has 0 aliphatic carbocycles. The van der Waals surface area contributed by atoms with E-state index in [1.807, 2.05) is 20.8 Å². The molecule has 0 aromatic heterocycles. The molecule has 51 heavy (non-hydrogen) atoms. The fourth-order valence-corrected chi connectivity index (χ4v) is 7.47. The highest BCUT2D eigenvalue weighted by atomic mass is 32.3. The molecule has 0 aromatic rings. The Morgan fingerprint density at radius 2 is 1.41 bits per heavy atom. The summed E-state index contributed by atoms with van der Waals surface area (Å²) in [5, 5.41) is 3.76. The van der Waals surface area contributed by atoms with Crippen molar-refractivity contribution in [2.24, 2.45) is 0 Å². The van der Waals surface area contributed by atoms with Crippen LogP contribution in [0.4, 0.5) is 14.4 Å². The van der Waals surface area contributed by atoms with Crippen molar-refractivity contribution in [2.75, 3.05) is 46.3 Å². The number of carbonyl (C=O) groups is 5. The molecule has 4 N–H and O–H groups in total. The number of nitrogens with zero attached hydrogens (tertiary/aromatic N) is 5. The molecular weight excluding hydrogens is 696 g/mol. The molecule has 7 amide bonds. The summed E-state index contributed by atoms with van der Waals surface area (Å²) >= 11 is 0. The van der Waals surface area contributed by atoms with E-state index in [9.17, 15) is 32.4 Å². The van der Waals surface area contributed by atoms with Crippen LogP contribution >= 0.6 is 0 Å². The van der Waals surface area contributed by atoms with E-state index >= 15 is 0 Å². The number of likely N-dealkylation sites (N-methyl/N-ethyl adjacent to an activating group) is 1. The Bertz CT molecular complexity index is 1420. The van der Waals surface area contributed by atoms with Gasteiger partial charge in [-0.1, -0.05) is 0 Å². The summed E-state index contributed by atoms with van der Waals surface area (Å²) in [6.07, 6.45) is 4.70. The van der Waals surface area contributed by atoms with E-state index in [2.05, 4.69) is 20.6 Å². The summed E-state index contributed by atoms with van der Waals surface area (Å²) < 4.78 is 40.1. The first-order chi connectivity index (χ1) is 24.0. The lowest BCUT2D eigenvalue weighted by Gasteiger charge is -2.34. The topological polar surface area (TPSA) is 229 Å². The van der Waals surface area contributed by atoms with Crippen molar-refractivity contribution in [3.8, 4) is 0 Å². The molecule has 4 bridgehead atoms. The zero-order valence-corrected chi connectivity index (χ0v) is 30.3. The van der Waals surface area contributed by atoms with Crippen molar-refractivity contribution < 1.29 is 55.6 Å². The van der Waals surface area contributed by atoms with Crippen molar-refractivity contribution in [1.29, 1.82) is 0 Å². The number of urea groups is 2. The summed E-state index contributed by atoms with van der Waals surface area (Å²) in [5.74, 6) is -0.757. The second-order valence-corrected chi connectivity index (χ2v) is 15.6. The van der Waals surface area contributed by atoms with Crippen molar-refractivity contribution >= 4 is 40.4 Å². The largest absolute Gasteiger partial charge is 0.444 e. The van der Waals surface area contributed by atoms with Crippen LogP contribution in [0.1, 0.15) is 72.1 Å². The van der Waals surface area contributed by atoms with Gasteiger partial charge in [-0.25, -0.2) is 25.3 Å². The zero-order chi connectivity index (χ0) is 37.1. The maximum absolute atomic E-state index is 12.5. The van der Waals surface area contributed by atoms with Gasteiger partial charge in [0, 0.05) is 33.2 Å². The van der Waals surface area contributed by atoms with E-state index in [1.165, 1.54) is 4.90 Å². The summed E-state index contributed by atoms with van der Waals surface area (Å²) in [5.41, 5.74) is 4.36. The Hall–Kier alpha value is -3.50. The van der Waals surface area contributed by atoms with Gasteiger partial charge in [0.25, 0.3) is 11.8 Å². The van der Waals surface area contributed by atoms with E-state index in [0.29, 0.717) is 50.5 Å². The van der Waals surface area contributed by atoms with Gasteiger partial charge >= 0.3 is 28.6 Å². The molecule has 0 spiro atoms. The molecule has 6 fully saturated rings. The summed E-state index contributed by atoms with van der Waals surface area (Å²) in [6.45, 7) is 8.77. The molecule has 6 saturated heterocycles. The van der Waals surface area contributed by atoms with Crippen molar-refractivity contribution in [3.05, 3.63) is 0 Å². The standard InChI is InChI=1S/C18H30N4O5.C12H20N4O7S/c1-18(2,3)26-17(25)21-9-5-6-13(11-21)27-19-15(23)14-8-7-12-10-22(14)16(24)20(12)4;17-11(14-22-9-2-1-5-13-6-9)10-4-3-8-7-15(10)12(18)16(8)23-24(19,20)21/h12-14H,5-11H2,1-4H3,(H,19,23);8-10,13H,1-7H2,(H,14,17)(H,19,20,21)/t12-,13-,14+;8-,9-,10+/m11/s1. The maximum atomic E-state index is 12.5. The van der Waals surface area contributed by atoms with Crippen LogP contribution < -0.4 is 16.3 Å². The highest BCUT2D eigenvalue weighted by molar-refractivity contribution is 7.80. The lowest BCUT2D eigenvalue weighted by molar-refractivity contribution is -0.146. The first-order valence-corrected chi connectivity index (χ1v) is 18.8. The number of rotatable bonds is 8. The zero-order valence-electron chi connectivity index (χ0n) is 29.4. The quantitative estimate of drug-likeness (QED) is 0.191. The Morgan fingerprint density at radius 3 is 2.02 bits per heavy atom.